The molecular weight excluding hydrogens is 224 g/mol. The summed E-state index contributed by atoms with van der Waals surface area (Å²) >= 11 is 0. The van der Waals surface area contributed by atoms with E-state index >= 15 is 0 Å². The number of hydrogen-bond donors (Lipinski definition) is 2. The van der Waals surface area contributed by atoms with Crippen molar-refractivity contribution >= 4 is 5.91 Å². The van der Waals surface area contributed by atoms with E-state index in [-0.39, 0.29) is 11.9 Å². The highest BCUT2D eigenvalue weighted by atomic mass is 16.1. The topological polar surface area (TPSA) is 41.1 Å². The Bertz CT molecular complexity index is 221. The van der Waals surface area contributed by atoms with Gasteiger partial charge in [-0.2, -0.15) is 0 Å². The molecule has 1 saturated carbocycles. The minimum atomic E-state index is 0.162. The van der Waals surface area contributed by atoms with Crippen LogP contribution in [0.3, 0.4) is 0 Å². The van der Waals surface area contributed by atoms with Crippen molar-refractivity contribution in [3.05, 3.63) is 0 Å². The van der Waals surface area contributed by atoms with Crippen molar-refractivity contribution in [2.75, 3.05) is 13.1 Å². The van der Waals surface area contributed by atoms with Gasteiger partial charge in [0.15, 0.2) is 0 Å². The van der Waals surface area contributed by atoms with Crippen LogP contribution in [-0.4, -0.2) is 25.0 Å². The number of rotatable bonds is 6. The van der Waals surface area contributed by atoms with Gasteiger partial charge in [0.25, 0.3) is 0 Å². The van der Waals surface area contributed by atoms with Gasteiger partial charge in [-0.05, 0) is 39.2 Å². The molecule has 0 saturated heterocycles. The predicted octanol–water partition coefficient (Wildman–Crippen LogP) is 2.85. The summed E-state index contributed by atoms with van der Waals surface area (Å²) in [6, 6.07) is 0.253. The lowest BCUT2D eigenvalue weighted by Crippen LogP contribution is -2.33. The number of carbonyl (C=O) groups excluding carboxylic acids is 1. The summed E-state index contributed by atoms with van der Waals surface area (Å²) < 4.78 is 0. The fourth-order valence-electron chi connectivity index (χ4n) is 2.65. The lowest BCUT2D eigenvalue weighted by molar-refractivity contribution is -0.121. The Morgan fingerprint density at radius 3 is 2.33 bits per heavy atom. The molecule has 0 aromatic rings. The van der Waals surface area contributed by atoms with Crippen LogP contribution in [0.5, 0.6) is 0 Å². The Balaban J connectivity index is 2.03. The van der Waals surface area contributed by atoms with Crippen LogP contribution >= 0.6 is 0 Å². The van der Waals surface area contributed by atoms with E-state index in [1.54, 1.807) is 0 Å². The molecule has 0 aliphatic heterocycles. The molecule has 0 heterocycles. The summed E-state index contributed by atoms with van der Waals surface area (Å²) in [5.74, 6) is 0.994. The summed E-state index contributed by atoms with van der Waals surface area (Å²) in [6.45, 7) is 5.91. The first kappa shape index (κ1) is 15.5. The second-order valence-corrected chi connectivity index (χ2v) is 5.89. The third kappa shape index (κ3) is 7.70. The number of amides is 1. The van der Waals surface area contributed by atoms with E-state index in [4.69, 9.17) is 0 Å². The van der Waals surface area contributed by atoms with Gasteiger partial charge in [0.1, 0.15) is 0 Å². The Morgan fingerprint density at radius 1 is 1.11 bits per heavy atom. The molecule has 106 valence electrons. The first-order valence-corrected chi connectivity index (χ1v) is 7.68. The second kappa shape index (κ2) is 9.37. The molecule has 1 amide bonds. The molecule has 2 N–H and O–H groups in total. The molecule has 0 aromatic heterocycles. The molecule has 1 aliphatic rings. The molecule has 0 bridgehead atoms. The fourth-order valence-corrected chi connectivity index (χ4v) is 2.65. The van der Waals surface area contributed by atoms with Crippen LogP contribution < -0.4 is 10.6 Å². The van der Waals surface area contributed by atoms with E-state index in [0.717, 1.165) is 19.0 Å². The van der Waals surface area contributed by atoms with Crippen LogP contribution in [0.25, 0.3) is 0 Å². The maximum Gasteiger partial charge on any atom is 0.221 e. The standard InChI is InChI=1S/C15H30N2O/c1-13(2)17-15(18)10-11-16-12-14-8-6-4-3-5-7-9-14/h13-14,16H,3-12H2,1-2H3,(H,17,18). The maximum absolute atomic E-state index is 11.5. The van der Waals surface area contributed by atoms with Gasteiger partial charge >= 0.3 is 0 Å². The Hall–Kier alpha value is -0.570. The normalized spacial score (nSPS) is 18.4. The first-order chi connectivity index (χ1) is 8.68. The Kier molecular flexibility index (Phi) is 8.06. The van der Waals surface area contributed by atoms with Gasteiger partial charge < -0.3 is 10.6 Å². The van der Waals surface area contributed by atoms with E-state index in [9.17, 15) is 4.79 Å². The van der Waals surface area contributed by atoms with Crippen LogP contribution in [-0.2, 0) is 4.79 Å². The van der Waals surface area contributed by atoms with E-state index in [1.165, 1.54) is 44.9 Å². The summed E-state index contributed by atoms with van der Waals surface area (Å²) in [5.41, 5.74) is 0. The molecule has 0 radical (unpaired) electrons. The zero-order valence-corrected chi connectivity index (χ0v) is 12.1. The highest BCUT2D eigenvalue weighted by Gasteiger charge is 2.11. The van der Waals surface area contributed by atoms with Gasteiger partial charge in [0.05, 0.1) is 0 Å². The van der Waals surface area contributed by atoms with Gasteiger partial charge in [0.2, 0.25) is 5.91 Å². The third-order valence-electron chi connectivity index (χ3n) is 3.64. The smallest absolute Gasteiger partial charge is 0.221 e. The van der Waals surface area contributed by atoms with Crippen molar-refractivity contribution in [1.29, 1.82) is 0 Å². The van der Waals surface area contributed by atoms with Gasteiger partial charge in [-0.15, -0.1) is 0 Å². The van der Waals surface area contributed by atoms with Crippen molar-refractivity contribution in [2.24, 2.45) is 5.92 Å². The average molecular weight is 254 g/mol. The highest BCUT2D eigenvalue weighted by molar-refractivity contribution is 5.76. The minimum absolute atomic E-state index is 0.162. The molecule has 18 heavy (non-hydrogen) atoms. The molecule has 1 aliphatic carbocycles. The molecule has 0 spiro atoms. The van der Waals surface area contributed by atoms with Gasteiger partial charge in [-0.3, -0.25) is 4.79 Å². The SMILES string of the molecule is CC(C)NC(=O)CCNCC1CCCCCCC1. The van der Waals surface area contributed by atoms with Crippen molar-refractivity contribution in [1.82, 2.24) is 10.6 Å². The molecule has 0 atom stereocenters. The minimum Gasteiger partial charge on any atom is -0.354 e. The fraction of sp³-hybridized carbons (Fsp3) is 0.933. The molecule has 1 rings (SSSR count). The number of carbonyl (C=O) groups is 1. The lowest BCUT2D eigenvalue weighted by atomic mass is 9.91. The van der Waals surface area contributed by atoms with E-state index in [0.29, 0.717) is 6.42 Å². The average Bonchev–Trinajstić information content (AvgIpc) is 2.25. The second-order valence-electron chi connectivity index (χ2n) is 5.89. The summed E-state index contributed by atoms with van der Waals surface area (Å²) in [6.07, 6.45) is 10.4. The van der Waals surface area contributed by atoms with Crippen molar-refractivity contribution in [3.63, 3.8) is 0 Å². The molecule has 0 aromatic carbocycles. The zero-order chi connectivity index (χ0) is 13.2. The van der Waals surface area contributed by atoms with Crippen molar-refractivity contribution < 1.29 is 4.79 Å². The molecule has 3 heteroatoms. The largest absolute Gasteiger partial charge is 0.354 e. The Morgan fingerprint density at radius 2 is 1.72 bits per heavy atom. The van der Waals surface area contributed by atoms with E-state index in [1.807, 2.05) is 13.8 Å². The quantitative estimate of drug-likeness (QED) is 0.716. The van der Waals surface area contributed by atoms with Gasteiger partial charge in [-0.1, -0.05) is 32.1 Å². The maximum atomic E-state index is 11.5. The van der Waals surface area contributed by atoms with E-state index < -0.39 is 0 Å². The summed E-state index contributed by atoms with van der Waals surface area (Å²) in [4.78, 5) is 11.5. The van der Waals surface area contributed by atoms with Crippen LogP contribution in [0.2, 0.25) is 0 Å². The summed E-state index contributed by atoms with van der Waals surface area (Å²) in [5, 5.41) is 6.37. The molecule has 3 nitrogen and oxygen atoms in total. The van der Waals surface area contributed by atoms with E-state index in [2.05, 4.69) is 10.6 Å². The van der Waals surface area contributed by atoms with Crippen LogP contribution in [0.1, 0.15) is 65.2 Å². The highest BCUT2D eigenvalue weighted by Crippen LogP contribution is 2.21. The number of nitrogens with one attached hydrogen (secondary N) is 2. The predicted molar refractivity (Wildman–Crippen MR) is 76.6 cm³/mol. The third-order valence-corrected chi connectivity index (χ3v) is 3.64. The molecule has 1 fully saturated rings. The monoisotopic (exact) mass is 254 g/mol. The van der Waals surface area contributed by atoms with Crippen LogP contribution in [0, 0.1) is 5.92 Å². The van der Waals surface area contributed by atoms with Crippen LogP contribution in [0.15, 0.2) is 0 Å². The van der Waals surface area contributed by atoms with Gasteiger partial charge in [-0.25, -0.2) is 0 Å². The summed E-state index contributed by atoms with van der Waals surface area (Å²) in [7, 11) is 0. The van der Waals surface area contributed by atoms with Crippen molar-refractivity contribution in [3.8, 4) is 0 Å². The lowest BCUT2D eigenvalue weighted by Gasteiger charge is -2.20. The Labute approximate surface area is 112 Å². The molecular formula is C15H30N2O. The number of hydrogen-bond acceptors (Lipinski definition) is 2. The van der Waals surface area contributed by atoms with Gasteiger partial charge in [0, 0.05) is 19.0 Å². The van der Waals surface area contributed by atoms with Crippen molar-refractivity contribution in [2.45, 2.75) is 71.3 Å². The van der Waals surface area contributed by atoms with Crippen LogP contribution in [0.4, 0.5) is 0 Å². The first-order valence-electron chi connectivity index (χ1n) is 7.68. The molecule has 0 unspecified atom stereocenters. The zero-order valence-electron chi connectivity index (χ0n) is 12.1.